The highest BCUT2D eigenvalue weighted by molar-refractivity contribution is 6.02. The van der Waals surface area contributed by atoms with Crippen LogP contribution in [0.3, 0.4) is 0 Å². The number of hydrogen-bond acceptors (Lipinski definition) is 9. The van der Waals surface area contributed by atoms with Crippen molar-refractivity contribution in [3.8, 4) is 11.1 Å². The van der Waals surface area contributed by atoms with Crippen LogP contribution in [0.25, 0.3) is 11.1 Å². The topological polar surface area (TPSA) is 122 Å². The first-order valence-electron chi connectivity index (χ1n) is 13.6. The van der Waals surface area contributed by atoms with Gasteiger partial charge in [0.15, 0.2) is 11.6 Å². The lowest BCUT2D eigenvalue weighted by atomic mass is 9.97. The van der Waals surface area contributed by atoms with Crippen LogP contribution in [0.15, 0.2) is 36.7 Å². The zero-order valence-corrected chi connectivity index (χ0v) is 23.5. The average Bonchev–Trinajstić information content (AvgIpc) is 3.39. The number of nitrogens with one attached hydrogen (secondary N) is 3. The van der Waals surface area contributed by atoms with E-state index in [9.17, 15) is 4.79 Å². The third kappa shape index (κ3) is 4.95. The molecule has 6 rings (SSSR count). The number of carbonyl (C=O) groups excluding carboxylic acids is 1. The molecule has 41 heavy (non-hydrogen) atoms. The van der Waals surface area contributed by atoms with Gasteiger partial charge in [-0.3, -0.25) is 9.48 Å². The first kappa shape index (κ1) is 26.6. The smallest absolute Gasteiger partial charge is 0.254 e. The zero-order chi connectivity index (χ0) is 28.7. The Bertz CT molecular complexity index is 1610. The van der Waals surface area contributed by atoms with Gasteiger partial charge in [-0.05, 0) is 32.8 Å². The molecule has 0 unspecified atom stereocenters. The predicted octanol–water partition coefficient (Wildman–Crippen LogP) is 4.64. The fraction of sp³-hybridized carbons (Fsp3) is 0.345. The standard InChI is InChI=1S/C29H32FN9O2/c1-16-12-24(35-17(2)34-16)37-28-25(30)26(21(13-32-28)29(40)31-3)36-22-7-5-6-19-20-14-33-39(18-8-10-41-11-9-18)23(20)15-38(4)27(19)22/h5-7,12-14,18H,8-11,15H2,1-4H3,(H,31,40)(H2,32,34,35,36,37). The third-order valence-corrected chi connectivity index (χ3v) is 7.49. The van der Waals surface area contributed by atoms with Crippen molar-refractivity contribution in [2.75, 3.05) is 42.8 Å². The minimum Gasteiger partial charge on any atom is -0.381 e. The molecular weight excluding hydrogens is 525 g/mol. The summed E-state index contributed by atoms with van der Waals surface area (Å²) in [6.45, 7) is 5.70. The van der Waals surface area contributed by atoms with Crippen molar-refractivity contribution < 1.29 is 13.9 Å². The Morgan fingerprint density at radius 1 is 1.10 bits per heavy atom. The maximum absolute atomic E-state index is 16.1. The summed E-state index contributed by atoms with van der Waals surface area (Å²) in [5, 5.41) is 13.5. The van der Waals surface area contributed by atoms with E-state index in [4.69, 9.17) is 9.84 Å². The monoisotopic (exact) mass is 557 g/mol. The largest absolute Gasteiger partial charge is 0.381 e. The molecule has 2 aliphatic heterocycles. The van der Waals surface area contributed by atoms with Crippen molar-refractivity contribution in [2.45, 2.75) is 39.3 Å². The molecule has 3 aromatic heterocycles. The van der Waals surface area contributed by atoms with Gasteiger partial charge in [-0.2, -0.15) is 5.10 Å². The van der Waals surface area contributed by atoms with Crippen molar-refractivity contribution in [1.29, 1.82) is 0 Å². The van der Waals surface area contributed by atoms with Crippen molar-refractivity contribution in [3.63, 3.8) is 0 Å². The van der Waals surface area contributed by atoms with E-state index in [-0.39, 0.29) is 17.1 Å². The lowest BCUT2D eigenvalue weighted by Gasteiger charge is -2.32. The molecule has 4 aromatic rings. The van der Waals surface area contributed by atoms with Crippen molar-refractivity contribution in [3.05, 3.63) is 65.3 Å². The molecule has 0 radical (unpaired) electrons. The van der Waals surface area contributed by atoms with Gasteiger partial charge in [-0.15, -0.1) is 0 Å². The van der Waals surface area contributed by atoms with Crippen LogP contribution in [0.5, 0.6) is 0 Å². The summed E-state index contributed by atoms with van der Waals surface area (Å²) in [5.41, 5.74) is 5.55. The second kappa shape index (κ2) is 10.8. The summed E-state index contributed by atoms with van der Waals surface area (Å²) in [6, 6.07) is 7.84. The van der Waals surface area contributed by atoms with E-state index in [0.717, 1.165) is 54.3 Å². The second-order valence-corrected chi connectivity index (χ2v) is 10.3. The Morgan fingerprint density at radius 2 is 1.90 bits per heavy atom. The number of aromatic nitrogens is 5. The molecule has 0 bridgehead atoms. The Balaban J connectivity index is 1.40. The number of para-hydroxylation sites is 1. The lowest BCUT2D eigenvalue weighted by molar-refractivity contribution is 0.0654. The minimum atomic E-state index is -0.705. The molecule has 0 atom stereocenters. The normalized spacial score (nSPS) is 14.8. The number of pyridine rings is 1. The molecule has 3 N–H and O–H groups in total. The molecule has 212 valence electrons. The number of carbonyl (C=O) groups is 1. The van der Waals surface area contributed by atoms with Crippen molar-refractivity contribution in [1.82, 2.24) is 30.0 Å². The predicted molar refractivity (Wildman–Crippen MR) is 155 cm³/mol. The van der Waals surface area contributed by atoms with Gasteiger partial charge in [-0.25, -0.2) is 19.3 Å². The van der Waals surface area contributed by atoms with Gasteiger partial charge in [0.1, 0.15) is 11.6 Å². The van der Waals surface area contributed by atoms with Crippen molar-refractivity contribution >= 4 is 34.6 Å². The number of anilines is 5. The maximum atomic E-state index is 16.1. The summed E-state index contributed by atoms with van der Waals surface area (Å²) in [4.78, 5) is 27.7. The van der Waals surface area contributed by atoms with E-state index in [1.165, 1.54) is 13.2 Å². The van der Waals surface area contributed by atoms with Crippen LogP contribution in [0.2, 0.25) is 0 Å². The molecule has 1 aromatic carbocycles. The summed E-state index contributed by atoms with van der Waals surface area (Å²) in [7, 11) is 3.50. The van der Waals surface area contributed by atoms with Gasteiger partial charge in [0, 0.05) is 56.4 Å². The van der Waals surface area contributed by atoms with Crippen molar-refractivity contribution in [2.24, 2.45) is 0 Å². The Kier molecular flexibility index (Phi) is 7.00. The first-order chi connectivity index (χ1) is 19.8. The number of nitrogens with zero attached hydrogens (tertiary/aromatic N) is 6. The number of rotatable bonds is 6. The highest BCUT2D eigenvalue weighted by atomic mass is 19.1. The number of hydrogen-bond donors (Lipinski definition) is 3. The number of aryl methyl sites for hydroxylation is 2. The summed E-state index contributed by atoms with van der Waals surface area (Å²) >= 11 is 0. The van der Waals surface area contributed by atoms with E-state index in [1.807, 2.05) is 38.4 Å². The van der Waals surface area contributed by atoms with Crippen LogP contribution < -0.4 is 20.9 Å². The maximum Gasteiger partial charge on any atom is 0.254 e. The fourth-order valence-electron chi connectivity index (χ4n) is 5.63. The van der Waals surface area contributed by atoms with Crippen LogP contribution in [-0.2, 0) is 11.3 Å². The summed E-state index contributed by atoms with van der Waals surface area (Å²) in [6.07, 6.45) is 5.13. The van der Waals surface area contributed by atoms with Gasteiger partial charge in [0.25, 0.3) is 5.91 Å². The van der Waals surface area contributed by atoms with Gasteiger partial charge in [0.05, 0.1) is 47.1 Å². The lowest BCUT2D eigenvalue weighted by Crippen LogP contribution is -2.28. The van der Waals surface area contributed by atoms with E-state index >= 15 is 4.39 Å². The van der Waals surface area contributed by atoms with Crippen LogP contribution in [0.1, 0.15) is 46.5 Å². The van der Waals surface area contributed by atoms with Gasteiger partial charge >= 0.3 is 0 Å². The third-order valence-electron chi connectivity index (χ3n) is 7.49. The molecule has 0 spiro atoms. The average molecular weight is 558 g/mol. The summed E-state index contributed by atoms with van der Waals surface area (Å²) in [5.74, 6) is -0.269. The van der Waals surface area contributed by atoms with Gasteiger partial charge < -0.3 is 25.6 Å². The first-order valence-corrected chi connectivity index (χ1v) is 13.6. The molecule has 1 amide bonds. The molecule has 11 nitrogen and oxygen atoms in total. The van der Waals surface area contributed by atoms with E-state index in [1.54, 1.807) is 13.0 Å². The molecule has 12 heteroatoms. The Hall–Kier alpha value is -4.58. The zero-order valence-electron chi connectivity index (χ0n) is 23.5. The number of amides is 1. The van der Waals surface area contributed by atoms with E-state index in [2.05, 4.69) is 40.5 Å². The van der Waals surface area contributed by atoms with Crippen LogP contribution in [0, 0.1) is 19.7 Å². The van der Waals surface area contributed by atoms with E-state index < -0.39 is 11.7 Å². The number of ether oxygens (including phenoxy) is 1. The number of benzene rings is 1. The molecule has 1 fully saturated rings. The van der Waals surface area contributed by atoms with E-state index in [0.29, 0.717) is 29.9 Å². The minimum absolute atomic E-state index is 0.00912. The second-order valence-electron chi connectivity index (χ2n) is 10.3. The number of halogens is 1. The van der Waals surface area contributed by atoms with Crippen LogP contribution in [0.4, 0.5) is 33.1 Å². The molecular formula is C29H32FN9O2. The quantitative estimate of drug-likeness (QED) is 0.311. The Morgan fingerprint density at radius 3 is 2.66 bits per heavy atom. The summed E-state index contributed by atoms with van der Waals surface area (Å²) < 4.78 is 23.8. The molecule has 0 saturated carbocycles. The Labute approximate surface area is 237 Å². The van der Waals surface area contributed by atoms with Crippen LogP contribution >= 0.6 is 0 Å². The SMILES string of the molecule is CNC(=O)c1cnc(Nc2cc(C)nc(C)n2)c(F)c1Nc1cccc2c1N(C)Cc1c-2cnn1C1CCOCC1. The highest BCUT2D eigenvalue weighted by Crippen LogP contribution is 2.45. The molecule has 5 heterocycles. The van der Waals surface area contributed by atoms with Gasteiger partial charge in [0.2, 0.25) is 0 Å². The van der Waals surface area contributed by atoms with Gasteiger partial charge in [-0.1, -0.05) is 12.1 Å². The molecule has 0 aliphatic carbocycles. The highest BCUT2D eigenvalue weighted by Gasteiger charge is 2.30. The molecule has 1 saturated heterocycles. The number of fused-ring (bicyclic) bond motifs is 3. The van der Waals surface area contributed by atoms with Crippen LogP contribution in [-0.4, -0.2) is 57.9 Å². The molecule has 2 aliphatic rings. The fourth-order valence-corrected chi connectivity index (χ4v) is 5.63.